The number of hydrogen-bond acceptors (Lipinski definition) is 3. The van der Waals surface area contributed by atoms with Gasteiger partial charge in [-0.05, 0) is 49.3 Å². The first-order valence-corrected chi connectivity index (χ1v) is 10.1. The lowest BCUT2D eigenvalue weighted by atomic mass is 10.1. The second kappa shape index (κ2) is 6.60. The van der Waals surface area contributed by atoms with Crippen LogP contribution >= 0.6 is 39.1 Å². The smallest absolute Gasteiger partial charge is 0.294 e. The second-order valence-electron chi connectivity index (χ2n) is 6.71. The lowest BCUT2D eigenvalue weighted by Crippen LogP contribution is -2.32. The fraction of sp³-hybridized carbons (Fsp3) is 0.444. The first-order chi connectivity index (χ1) is 12.0. The summed E-state index contributed by atoms with van der Waals surface area (Å²) < 4.78 is 2.72. The van der Waals surface area contributed by atoms with E-state index in [1.165, 1.54) is 12.8 Å². The zero-order valence-corrected chi connectivity index (χ0v) is 16.9. The van der Waals surface area contributed by atoms with E-state index in [0.29, 0.717) is 28.5 Å². The first-order valence-electron chi connectivity index (χ1n) is 8.53. The molecule has 1 fully saturated rings. The van der Waals surface area contributed by atoms with Gasteiger partial charge >= 0.3 is 0 Å². The van der Waals surface area contributed by atoms with Crippen LogP contribution in [-0.4, -0.2) is 16.1 Å². The van der Waals surface area contributed by atoms with Gasteiger partial charge in [-0.1, -0.05) is 46.1 Å². The van der Waals surface area contributed by atoms with Crippen molar-refractivity contribution in [2.45, 2.75) is 38.6 Å². The molecule has 0 spiro atoms. The van der Waals surface area contributed by atoms with E-state index in [0.717, 1.165) is 28.6 Å². The standard InChI is InChI=1S/C18H18BrCl2N3O/c1-2-14(10-3-4-10)24-9-15(21)22-17(18(24)25)23-6-5-11-7-12(19)8-13(20)16(11)23/h7-10,14H,2-6H2,1H3/t14-/m1/s1. The molecule has 0 saturated heterocycles. The average Bonchev–Trinajstić information content (AvgIpc) is 3.30. The predicted octanol–water partition coefficient (Wildman–Crippen LogP) is 5.37. The normalized spacial score (nSPS) is 17.7. The van der Waals surface area contributed by atoms with Crippen molar-refractivity contribution in [1.29, 1.82) is 0 Å². The van der Waals surface area contributed by atoms with Crippen LogP contribution in [0, 0.1) is 5.92 Å². The van der Waals surface area contributed by atoms with Gasteiger partial charge in [0.15, 0.2) is 0 Å². The van der Waals surface area contributed by atoms with Crippen LogP contribution in [0.2, 0.25) is 10.2 Å². The summed E-state index contributed by atoms with van der Waals surface area (Å²) in [5, 5.41) is 0.958. The van der Waals surface area contributed by atoms with Crippen LogP contribution < -0.4 is 10.5 Å². The predicted molar refractivity (Wildman–Crippen MR) is 105 cm³/mol. The molecule has 1 aliphatic heterocycles. The Labute approximate surface area is 164 Å². The van der Waals surface area contributed by atoms with Crippen LogP contribution in [0.15, 0.2) is 27.6 Å². The summed E-state index contributed by atoms with van der Waals surface area (Å²) in [7, 11) is 0. The van der Waals surface area contributed by atoms with Gasteiger partial charge in [-0.15, -0.1) is 0 Å². The summed E-state index contributed by atoms with van der Waals surface area (Å²) in [6, 6.07) is 4.08. The highest BCUT2D eigenvalue weighted by Crippen LogP contribution is 2.43. The molecular formula is C18H18BrCl2N3O. The maximum Gasteiger partial charge on any atom is 0.294 e. The van der Waals surface area contributed by atoms with E-state index in [4.69, 9.17) is 23.2 Å². The van der Waals surface area contributed by atoms with Gasteiger partial charge in [-0.25, -0.2) is 4.98 Å². The van der Waals surface area contributed by atoms with Crippen molar-refractivity contribution in [2.75, 3.05) is 11.4 Å². The first kappa shape index (κ1) is 17.4. The molecule has 0 amide bonds. The monoisotopic (exact) mass is 441 g/mol. The molecule has 1 saturated carbocycles. The molecule has 132 valence electrons. The number of aromatic nitrogens is 2. The van der Waals surface area contributed by atoms with Crippen molar-refractivity contribution in [1.82, 2.24) is 9.55 Å². The fourth-order valence-corrected chi connectivity index (χ4v) is 4.96. The molecule has 0 bridgehead atoms. The fourth-order valence-electron chi connectivity index (χ4n) is 3.80. The largest absolute Gasteiger partial charge is 0.320 e. The molecule has 2 aliphatic rings. The molecule has 1 aromatic carbocycles. The number of halogens is 3. The van der Waals surface area contributed by atoms with E-state index < -0.39 is 0 Å². The third-order valence-corrected chi connectivity index (χ3v) is 5.99. The lowest BCUT2D eigenvalue weighted by molar-refractivity contribution is 0.419. The topological polar surface area (TPSA) is 38.1 Å². The summed E-state index contributed by atoms with van der Waals surface area (Å²) >= 11 is 16.2. The van der Waals surface area contributed by atoms with Crippen LogP contribution in [-0.2, 0) is 6.42 Å². The molecule has 4 rings (SSSR count). The maximum absolute atomic E-state index is 13.2. The van der Waals surface area contributed by atoms with Gasteiger partial charge in [0.2, 0.25) is 5.82 Å². The molecule has 25 heavy (non-hydrogen) atoms. The Morgan fingerprint density at radius 1 is 1.36 bits per heavy atom. The Morgan fingerprint density at radius 3 is 2.80 bits per heavy atom. The molecule has 2 aromatic rings. The third-order valence-electron chi connectivity index (χ3n) is 5.06. The van der Waals surface area contributed by atoms with E-state index in [2.05, 4.69) is 27.8 Å². The van der Waals surface area contributed by atoms with Crippen molar-refractivity contribution in [3.05, 3.63) is 48.9 Å². The molecule has 4 nitrogen and oxygen atoms in total. The Morgan fingerprint density at radius 2 is 2.12 bits per heavy atom. The van der Waals surface area contributed by atoms with Crippen molar-refractivity contribution < 1.29 is 0 Å². The van der Waals surface area contributed by atoms with Crippen LogP contribution in [0.3, 0.4) is 0 Å². The Hall–Kier alpha value is -1.04. The minimum Gasteiger partial charge on any atom is -0.320 e. The van der Waals surface area contributed by atoms with Crippen LogP contribution in [0.4, 0.5) is 11.5 Å². The Bertz CT molecular complexity index is 895. The van der Waals surface area contributed by atoms with Crippen molar-refractivity contribution >= 4 is 50.6 Å². The molecule has 0 radical (unpaired) electrons. The molecule has 0 unspecified atom stereocenters. The van der Waals surface area contributed by atoms with Crippen LogP contribution in [0.5, 0.6) is 0 Å². The van der Waals surface area contributed by atoms with Gasteiger partial charge in [-0.2, -0.15) is 0 Å². The van der Waals surface area contributed by atoms with E-state index in [9.17, 15) is 4.79 Å². The highest BCUT2D eigenvalue weighted by molar-refractivity contribution is 9.10. The summed E-state index contributed by atoms with van der Waals surface area (Å²) in [6.07, 6.45) is 5.76. The summed E-state index contributed by atoms with van der Waals surface area (Å²) in [5.41, 5.74) is 1.89. The minimum absolute atomic E-state index is 0.0880. The Balaban J connectivity index is 1.83. The third kappa shape index (κ3) is 3.11. The van der Waals surface area contributed by atoms with Crippen LogP contribution in [0.1, 0.15) is 37.8 Å². The molecule has 0 N–H and O–H groups in total. The highest BCUT2D eigenvalue weighted by atomic mass is 79.9. The summed E-state index contributed by atoms with van der Waals surface area (Å²) in [6.45, 7) is 2.79. The molecular weight excluding hydrogens is 425 g/mol. The maximum atomic E-state index is 13.2. The van der Waals surface area contributed by atoms with Gasteiger partial charge in [0.25, 0.3) is 5.56 Å². The molecule has 1 atom stereocenters. The number of benzene rings is 1. The molecule has 7 heteroatoms. The van der Waals surface area contributed by atoms with Gasteiger partial charge in [0, 0.05) is 23.3 Å². The number of anilines is 2. The van der Waals surface area contributed by atoms with E-state index in [1.54, 1.807) is 10.8 Å². The van der Waals surface area contributed by atoms with E-state index >= 15 is 0 Å². The quantitative estimate of drug-likeness (QED) is 0.638. The van der Waals surface area contributed by atoms with E-state index in [-0.39, 0.29) is 11.6 Å². The lowest BCUT2D eigenvalue weighted by Gasteiger charge is -2.23. The zero-order chi connectivity index (χ0) is 17.7. The molecule has 2 heterocycles. The van der Waals surface area contributed by atoms with Crippen LogP contribution in [0.25, 0.3) is 0 Å². The summed E-state index contributed by atoms with van der Waals surface area (Å²) in [5.74, 6) is 0.939. The van der Waals surface area contributed by atoms with Crippen molar-refractivity contribution in [3.8, 4) is 0 Å². The van der Waals surface area contributed by atoms with Gasteiger partial charge in [0.1, 0.15) is 5.15 Å². The summed E-state index contributed by atoms with van der Waals surface area (Å²) in [4.78, 5) is 19.4. The van der Waals surface area contributed by atoms with Gasteiger partial charge in [-0.3, -0.25) is 4.79 Å². The van der Waals surface area contributed by atoms with Crippen molar-refractivity contribution in [2.24, 2.45) is 5.92 Å². The van der Waals surface area contributed by atoms with Crippen molar-refractivity contribution in [3.63, 3.8) is 0 Å². The second-order valence-corrected chi connectivity index (χ2v) is 8.42. The number of hydrogen-bond donors (Lipinski definition) is 0. The van der Waals surface area contributed by atoms with E-state index in [1.807, 2.05) is 17.0 Å². The SMILES string of the molecule is CC[C@H](C1CC1)n1cc(Cl)nc(N2CCc3cc(Br)cc(Cl)c32)c1=O. The Kier molecular flexibility index (Phi) is 4.59. The highest BCUT2D eigenvalue weighted by Gasteiger charge is 2.34. The number of nitrogens with zero attached hydrogens (tertiary/aromatic N) is 3. The van der Waals surface area contributed by atoms with Gasteiger partial charge in [0.05, 0.1) is 10.7 Å². The molecule has 1 aromatic heterocycles. The molecule has 1 aliphatic carbocycles. The zero-order valence-electron chi connectivity index (χ0n) is 13.8. The number of fused-ring (bicyclic) bond motifs is 1. The van der Waals surface area contributed by atoms with Gasteiger partial charge < -0.3 is 9.47 Å². The number of rotatable bonds is 4. The average molecular weight is 443 g/mol. The minimum atomic E-state index is -0.0880.